The molecule has 0 amide bonds. The molecule has 14 nitrogen and oxygen atoms in total. The predicted octanol–water partition coefficient (Wildman–Crippen LogP) is 8.81. The maximum absolute atomic E-state index is 13.4. The van der Waals surface area contributed by atoms with Crippen molar-refractivity contribution >= 4 is 40.1 Å². The lowest BCUT2D eigenvalue weighted by Crippen LogP contribution is -2.36. The summed E-state index contributed by atoms with van der Waals surface area (Å²) in [5.41, 5.74) is 13.6. The molecule has 4 aliphatic heterocycles. The van der Waals surface area contributed by atoms with Crippen molar-refractivity contribution in [2.45, 2.75) is 125 Å². The number of nitrogens with zero attached hydrogens (tertiary/aromatic N) is 2. The minimum atomic E-state index is -1.38. The summed E-state index contributed by atoms with van der Waals surface area (Å²) in [7, 11) is -1.38. The van der Waals surface area contributed by atoms with E-state index >= 15 is 0 Å². The summed E-state index contributed by atoms with van der Waals surface area (Å²) in [6.45, 7) is 26.6. The van der Waals surface area contributed by atoms with Gasteiger partial charge in [0.1, 0.15) is 22.7 Å². The standard InChI is InChI=1S/C31H36N2O4.C21H24BrNO3.C11H16BNO3/c1-20-15-21(2)32-30(35)26(20)9-10-28(34)24-16-25-18-31(3,4)37-29(25)27(17-24)23-7-5-22(6-8-23)19-33-11-13-36-14-12-33;1-11-8-12(2)23-20(25)14(11)6-7-18(24)15-9-17(22)19-16(13(15)3)10-21(4,5)26-19;14-12(15)11-3-1-10(2-4-11)9-13-5-7-16-8-6-13/h5-8,15-17H,9-14,18-19H2,1-4H3,(H,32,35);8-9H,6-7,10H2,1-5H3,(H,23,25);1-4,14-15H,5-9H2. The zero-order chi connectivity index (χ0) is 56.8. The van der Waals surface area contributed by atoms with Gasteiger partial charge in [-0.1, -0.05) is 48.5 Å². The number of hydrogen-bond acceptors (Lipinski definition) is 12. The lowest BCUT2D eigenvalue weighted by molar-refractivity contribution is 0.0341. The van der Waals surface area contributed by atoms with E-state index in [0.29, 0.717) is 47.0 Å². The molecule has 4 aliphatic rings. The van der Waals surface area contributed by atoms with Gasteiger partial charge in [-0.3, -0.25) is 29.0 Å². The molecule has 2 aromatic heterocycles. The SMILES string of the molecule is Cc1cc(C)c(CCC(=O)c2cc(Br)c3c(c2C)CC(C)(C)O3)c(=O)[nH]1.Cc1cc(C)c(CCC(=O)c2cc3c(c(-c4ccc(CN5CCOCC5)cc4)c2)OC(C)(C)C3)c(=O)[nH]1.OB(O)c1ccc(CN2CCOCC2)cc1. The largest absolute Gasteiger partial charge is 0.488 e. The lowest BCUT2D eigenvalue weighted by atomic mass is 9.80. The van der Waals surface area contributed by atoms with E-state index in [-0.39, 0.29) is 40.3 Å². The van der Waals surface area contributed by atoms with Crippen molar-refractivity contribution in [2.75, 3.05) is 52.6 Å². The molecule has 4 N–H and O–H groups in total. The van der Waals surface area contributed by atoms with E-state index in [9.17, 15) is 19.2 Å². The maximum atomic E-state index is 13.4. The Morgan fingerprint density at radius 3 is 1.62 bits per heavy atom. The number of aromatic nitrogens is 2. The first kappa shape index (κ1) is 59.2. The number of morpholine rings is 2. The summed E-state index contributed by atoms with van der Waals surface area (Å²) in [4.78, 5) is 61.2. The van der Waals surface area contributed by atoms with Crippen LogP contribution in [0.5, 0.6) is 11.5 Å². The van der Waals surface area contributed by atoms with Crippen LogP contribution in [0.2, 0.25) is 0 Å². The second-order valence-corrected chi connectivity index (χ2v) is 23.6. The van der Waals surface area contributed by atoms with Gasteiger partial charge in [-0.15, -0.1) is 0 Å². The quantitative estimate of drug-likeness (QED) is 0.0602. The van der Waals surface area contributed by atoms with Crippen molar-refractivity contribution in [1.82, 2.24) is 19.8 Å². The highest BCUT2D eigenvalue weighted by molar-refractivity contribution is 9.10. The molecule has 2 fully saturated rings. The summed E-state index contributed by atoms with van der Waals surface area (Å²) >= 11 is 3.55. The molecular formula is C63H76BBrN4O10. The Labute approximate surface area is 473 Å². The zero-order valence-electron chi connectivity index (χ0n) is 47.3. The average molecular weight is 1140 g/mol. The first-order chi connectivity index (χ1) is 37.5. The molecule has 0 atom stereocenters. The topological polar surface area (TPSA) is 184 Å². The van der Waals surface area contributed by atoms with Crippen molar-refractivity contribution in [3.63, 3.8) is 0 Å². The minimum Gasteiger partial charge on any atom is -0.487 e. The number of rotatable bonds is 14. The number of carbonyl (C=O) groups is 2. The number of Topliss-reactive ketones (excluding diaryl/α,β-unsaturated/α-hetero) is 2. The van der Waals surface area contributed by atoms with Crippen LogP contribution in [0.1, 0.15) is 123 Å². The third kappa shape index (κ3) is 15.3. The highest BCUT2D eigenvalue weighted by atomic mass is 79.9. The van der Waals surface area contributed by atoms with E-state index in [4.69, 9.17) is 29.0 Å². The summed E-state index contributed by atoms with van der Waals surface area (Å²) in [5, 5.41) is 17.9. The van der Waals surface area contributed by atoms with Crippen LogP contribution in [0.15, 0.2) is 92.9 Å². The van der Waals surface area contributed by atoms with Crippen LogP contribution >= 0.6 is 15.9 Å². The van der Waals surface area contributed by atoms with E-state index in [2.05, 4.69) is 73.8 Å². The molecule has 10 rings (SSSR count). The van der Waals surface area contributed by atoms with Crippen molar-refractivity contribution in [3.05, 3.63) is 177 Å². The number of aromatic amines is 2. The van der Waals surface area contributed by atoms with Crippen molar-refractivity contribution < 1.29 is 38.6 Å². The fraction of sp³-hybridized carbons (Fsp3) is 0.429. The van der Waals surface area contributed by atoms with Gasteiger partial charge in [-0.25, -0.2) is 0 Å². The van der Waals surface area contributed by atoms with Crippen LogP contribution in [0.25, 0.3) is 11.1 Å². The third-order valence-corrected chi connectivity index (χ3v) is 15.7. The van der Waals surface area contributed by atoms with Gasteiger partial charge in [-0.05, 0) is 166 Å². The van der Waals surface area contributed by atoms with Gasteiger partial charge in [0.2, 0.25) is 0 Å². The first-order valence-corrected chi connectivity index (χ1v) is 28.3. The number of fused-ring (bicyclic) bond motifs is 2. The number of hydrogen-bond donors (Lipinski definition) is 4. The Balaban J connectivity index is 0.000000170. The van der Waals surface area contributed by atoms with Gasteiger partial charge in [0, 0.05) is 110 Å². The second-order valence-electron chi connectivity index (χ2n) is 22.7. The molecule has 16 heteroatoms. The molecule has 6 heterocycles. The van der Waals surface area contributed by atoms with Crippen LogP contribution in [0.3, 0.4) is 0 Å². The Hall–Kier alpha value is -5.98. The zero-order valence-corrected chi connectivity index (χ0v) is 48.9. The number of ether oxygens (including phenoxy) is 4. The van der Waals surface area contributed by atoms with Crippen LogP contribution in [-0.2, 0) is 48.2 Å². The van der Waals surface area contributed by atoms with Crippen molar-refractivity contribution in [2.24, 2.45) is 0 Å². The summed E-state index contributed by atoms with van der Waals surface area (Å²) in [6.07, 6.45) is 2.99. The van der Waals surface area contributed by atoms with E-state index in [0.717, 1.165) is 145 Å². The Bertz CT molecular complexity index is 3280. The van der Waals surface area contributed by atoms with E-state index < -0.39 is 7.12 Å². The molecule has 0 unspecified atom stereocenters. The molecule has 2 saturated heterocycles. The number of carbonyl (C=O) groups excluding carboxylic acids is 2. The van der Waals surface area contributed by atoms with Gasteiger partial charge < -0.3 is 39.0 Å². The highest BCUT2D eigenvalue weighted by Gasteiger charge is 2.35. The van der Waals surface area contributed by atoms with E-state index in [1.807, 2.05) is 90.9 Å². The number of nitrogens with one attached hydrogen (secondary N) is 2. The average Bonchev–Trinajstić information content (AvgIpc) is 4.15. The molecule has 0 spiro atoms. The van der Waals surface area contributed by atoms with Crippen LogP contribution < -0.4 is 26.1 Å². The van der Waals surface area contributed by atoms with Gasteiger partial charge >= 0.3 is 7.12 Å². The highest BCUT2D eigenvalue weighted by Crippen LogP contribution is 2.45. The Morgan fingerprint density at radius 1 is 0.633 bits per heavy atom. The molecule has 0 bridgehead atoms. The summed E-state index contributed by atoms with van der Waals surface area (Å²) in [5.74, 6) is 1.80. The normalized spacial score (nSPS) is 16.3. The molecule has 6 aromatic rings. The number of pyridine rings is 2. The van der Waals surface area contributed by atoms with Gasteiger partial charge in [0.25, 0.3) is 11.1 Å². The number of aryl methyl sites for hydroxylation is 4. The van der Waals surface area contributed by atoms with Gasteiger partial charge in [0.15, 0.2) is 11.6 Å². The number of benzene rings is 4. The fourth-order valence-electron chi connectivity index (χ4n) is 11.0. The van der Waals surface area contributed by atoms with Crippen LogP contribution in [0, 0.1) is 34.6 Å². The molecule has 0 radical (unpaired) electrons. The summed E-state index contributed by atoms with van der Waals surface area (Å²) < 4.78 is 23.9. The smallest absolute Gasteiger partial charge is 0.487 e. The molecule has 0 saturated carbocycles. The van der Waals surface area contributed by atoms with Crippen LogP contribution in [-0.4, -0.2) is 112 Å². The maximum Gasteiger partial charge on any atom is 0.488 e. The molecule has 418 valence electrons. The van der Waals surface area contributed by atoms with E-state index in [1.165, 1.54) is 11.1 Å². The number of H-pyrrole nitrogens is 2. The summed E-state index contributed by atoms with van der Waals surface area (Å²) in [6, 6.07) is 25.7. The number of halogens is 1. The third-order valence-electron chi connectivity index (χ3n) is 15.1. The first-order valence-electron chi connectivity index (χ1n) is 27.5. The molecule has 4 aromatic carbocycles. The molecule has 0 aliphatic carbocycles. The monoisotopic (exact) mass is 1140 g/mol. The second kappa shape index (κ2) is 25.6. The molecule has 79 heavy (non-hydrogen) atoms. The van der Waals surface area contributed by atoms with Crippen molar-refractivity contribution in [1.29, 1.82) is 0 Å². The number of ketones is 2. The Kier molecular flexibility index (Phi) is 19.2. The van der Waals surface area contributed by atoms with Gasteiger partial charge in [-0.2, -0.15) is 0 Å². The minimum absolute atomic E-state index is 0.0390. The van der Waals surface area contributed by atoms with E-state index in [1.54, 1.807) is 12.1 Å². The lowest BCUT2D eigenvalue weighted by Gasteiger charge is -2.26. The van der Waals surface area contributed by atoms with Crippen LogP contribution in [0.4, 0.5) is 0 Å². The van der Waals surface area contributed by atoms with Crippen molar-refractivity contribution in [3.8, 4) is 22.6 Å². The van der Waals surface area contributed by atoms with Gasteiger partial charge in [0.05, 0.1) is 30.9 Å². The Morgan fingerprint density at radius 2 is 1.11 bits per heavy atom. The molecular weight excluding hydrogens is 1060 g/mol. The fourth-order valence-corrected chi connectivity index (χ4v) is 11.5. The predicted molar refractivity (Wildman–Crippen MR) is 314 cm³/mol.